The number of rotatable bonds is 3. The normalized spacial score (nSPS) is 10.9. The van der Waals surface area contributed by atoms with Gasteiger partial charge in [0.25, 0.3) is 5.56 Å². The van der Waals surface area contributed by atoms with Gasteiger partial charge in [-0.15, -0.1) is 0 Å². The van der Waals surface area contributed by atoms with Gasteiger partial charge in [0.15, 0.2) is 0 Å². The number of hydrogen-bond donors (Lipinski definition) is 2. The third kappa shape index (κ3) is 2.52. The molecule has 2 N–H and O–H groups in total. The minimum atomic E-state index is -0.250. The zero-order valence-electron chi connectivity index (χ0n) is 11.5. The molecule has 0 unspecified atom stereocenters. The fraction of sp³-hybridized carbons (Fsp3) is 0.125. The smallest absolute Gasteiger partial charge is 0.258 e. The maximum Gasteiger partial charge on any atom is 0.258 e. The van der Waals surface area contributed by atoms with Crippen molar-refractivity contribution in [2.45, 2.75) is 5.75 Å². The number of hydrogen-bond acceptors (Lipinski definition) is 4. The molecular formula is C16H14N2O2S. The molecule has 3 rings (SSSR count). The molecule has 0 amide bonds. The van der Waals surface area contributed by atoms with E-state index in [1.165, 1.54) is 11.9 Å². The average molecular weight is 298 g/mol. The quantitative estimate of drug-likeness (QED) is 0.779. The summed E-state index contributed by atoms with van der Waals surface area (Å²) in [7, 11) is 0. The monoisotopic (exact) mass is 298 g/mol. The molecule has 0 saturated carbocycles. The van der Waals surface area contributed by atoms with Crippen molar-refractivity contribution in [3.8, 4) is 16.9 Å². The minimum Gasteiger partial charge on any atom is -0.506 e. The van der Waals surface area contributed by atoms with Crippen LogP contribution in [0.1, 0.15) is 5.56 Å². The maximum atomic E-state index is 11.9. The summed E-state index contributed by atoms with van der Waals surface area (Å²) >= 11 is 1.73. The molecule has 0 radical (unpaired) electrons. The number of aromatic hydroxyl groups is 1. The molecule has 5 heteroatoms. The highest BCUT2D eigenvalue weighted by Gasteiger charge is 2.11. The lowest BCUT2D eigenvalue weighted by molar-refractivity contribution is 0.480. The lowest BCUT2D eigenvalue weighted by atomic mass is 9.99. The van der Waals surface area contributed by atoms with Gasteiger partial charge in [0.1, 0.15) is 11.3 Å². The van der Waals surface area contributed by atoms with Gasteiger partial charge in [0.2, 0.25) is 0 Å². The van der Waals surface area contributed by atoms with Crippen LogP contribution in [-0.2, 0) is 5.75 Å². The van der Waals surface area contributed by atoms with E-state index in [1.54, 1.807) is 23.9 Å². The third-order valence-corrected chi connectivity index (χ3v) is 3.95. The molecule has 1 aromatic heterocycles. The molecule has 21 heavy (non-hydrogen) atoms. The molecule has 106 valence electrons. The van der Waals surface area contributed by atoms with Gasteiger partial charge in [-0.05, 0) is 35.1 Å². The summed E-state index contributed by atoms with van der Waals surface area (Å²) in [5.74, 6) is 0.894. The van der Waals surface area contributed by atoms with Crippen molar-refractivity contribution in [3.63, 3.8) is 0 Å². The van der Waals surface area contributed by atoms with E-state index in [2.05, 4.69) is 16.0 Å². The largest absolute Gasteiger partial charge is 0.506 e. The molecule has 0 bridgehead atoms. The van der Waals surface area contributed by atoms with Crippen LogP contribution in [0.2, 0.25) is 0 Å². The molecule has 0 aliphatic rings. The zero-order valence-corrected chi connectivity index (χ0v) is 12.3. The minimum absolute atomic E-state index is 0.0209. The second-order valence-corrected chi connectivity index (χ2v) is 5.58. The fourth-order valence-corrected chi connectivity index (χ4v) is 2.96. The molecule has 1 heterocycles. The molecule has 0 atom stereocenters. The number of fused-ring (bicyclic) bond motifs is 1. The van der Waals surface area contributed by atoms with E-state index in [0.29, 0.717) is 10.9 Å². The van der Waals surface area contributed by atoms with Crippen LogP contribution in [0.3, 0.4) is 0 Å². The Morgan fingerprint density at radius 3 is 2.90 bits per heavy atom. The number of H-pyrrole nitrogens is 1. The first kappa shape index (κ1) is 13.7. The number of aromatic nitrogens is 2. The molecule has 0 saturated heterocycles. The van der Waals surface area contributed by atoms with Gasteiger partial charge < -0.3 is 10.1 Å². The lowest BCUT2D eigenvalue weighted by Gasteiger charge is -2.10. The number of nitrogens with zero attached hydrogens (tertiary/aromatic N) is 1. The summed E-state index contributed by atoms with van der Waals surface area (Å²) in [5, 5.41) is 10.5. The van der Waals surface area contributed by atoms with Crippen molar-refractivity contribution in [1.29, 1.82) is 0 Å². The van der Waals surface area contributed by atoms with Crippen LogP contribution in [0.4, 0.5) is 0 Å². The van der Waals surface area contributed by atoms with Crippen molar-refractivity contribution >= 4 is 22.7 Å². The fourth-order valence-electron chi connectivity index (χ4n) is 2.40. The highest BCUT2D eigenvalue weighted by molar-refractivity contribution is 7.97. The molecule has 0 fully saturated rings. The molecule has 0 aliphatic carbocycles. The predicted molar refractivity (Wildman–Crippen MR) is 86.7 cm³/mol. The van der Waals surface area contributed by atoms with E-state index in [4.69, 9.17) is 0 Å². The van der Waals surface area contributed by atoms with Crippen molar-refractivity contribution in [2.24, 2.45) is 0 Å². The summed E-state index contributed by atoms with van der Waals surface area (Å²) in [6.45, 7) is 0. The third-order valence-electron chi connectivity index (χ3n) is 3.35. The van der Waals surface area contributed by atoms with Crippen LogP contribution >= 0.6 is 11.8 Å². The van der Waals surface area contributed by atoms with Crippen LogP contribution in [0, 0.1) is 0 Å². The van der Waals surface area contributed by atoms with Gasteiger partial charge >= 0.3 is 0 Å². The Kier molecular flexibility index (Phi) is 3.66. The first-order valence-electron chi connectivity index (χ1n) is 6.48. The predicted octanol–water partition coefficient (Wildman–Crippen LogP) is 3.16. The van der Waals surface area contributed by atoms with Crippen LogP contribution in [0.25, 0.3) is 22.0 Å². The summed E-state index contributed by atoms with van der Waals surface area (Å²) in [6.07, 6.45) is 3.34. The van der Waals surface area contributed by atoms with Crippen molar-refractivity contribution in [3.05, 3.63) is 58.6 Å². The molecule has 0 spiro atoms. The standard InChI is InChI=1S/C16H14N2O2S/c1-21-8-10-4-2-3-5-12(10)11-6-13-15(14(19)7-11)17-9-18-16(13)20/h2-7,9,19H,8H2,1H3,(H,17,18,20). The van der Waals surface area contributed by atoms with Gasteiger partial charge in [0, 0.05) is 5.75 Å². The van der Waals surface area contributed by atoms with Crippen molar-refractivity contribution in [2.75, 3.05) is 6.26 Å². The van der Waals surface area contributed by atoms with Gasteiger partial charge in [-0.2, -0.15) is 11.8 Å². The van der Waals surface area contributed by atoms with Crippen molar-refractivity contribution < 1.29 is 5.11 Å². The maximum absolute atomic E-state index is 11.9. The zero-order chi connectivity index (χ0) is 14.8. The summed E-state index contributed by atoms with van der Waals surface area (Å²) < 4.78 is 0. The van der Waals surface area contributed by atoms with Crippen LogP contribution in [0.5, 0.6) is 5.75 Å². The molecular weight excluding hydrogens is 284 g/mol. The van der Waals surface area contributed by atoms with E-state index in [9.17, 15) is 9.90 Å². The first-order valence-corrected chi connectivity index (χ1v) is 7.87. The lowest BCUT2D eigenvalue weighted by Crippen LogP contribution is -2.06. The summed E-state index contributed by atoms with van der Waals surface area (Å²) in [5.41, 5.74) is 3.09. The summed E-state index contributed by atoms with van der Waals surface area (Å²) in [6, 6.07) is 11.4. The molecule has 4 nitrogen and oxygen atoms in total. The van der Waals surface area contributed by atoms with Gasteiger partial charge in [-0.25, -0.2) is 4.98 Å². The highest BCUT2D eigenvalue weighted by atomic mass is 32.2. The molecule has 0 aliphatic heterocycles. The van der Waals surface area contributed by atoms with Crippen LogP contribution < -0.4 is 5.56 Å². The Bertz CT molecular complexity index is 858. The van der Waals surface area contributed by atoms with E-state index >= 15 is 0 Å². The topological polar surface area (TPSA) is 66.0 Å². The van der Waals surface area contributed by atoms with E-state index in [-0.39, 0.29) is 11.3 Å². The number of phenolic OH excluding ortho intramolecular Hbond substituents is 1. The Balaban J connectivity index is 2.27. The Morgan fingerprint density at radius 1 is 1.29 bits per heavy atom. The van der Waals surface area contributed by atoms with Crippen LogP contribution in [-0.4, -0.2) is 21.3 Å². The van der Waals surface area contributed by atoms with E-state index in [0.717, 1.165) is 16.9 Å². The van der Waals surface area contributed by atoms with Crippen LogP contribution in [0.15, 0.2) is 47.5 Å². The van der Waals surface area contributed by atoms with Gasteiger partial charge in [-0.1, -0.05) is 24.3 Å². The Hall–Kier alpha value is -2.27. The highest BCUT2D eigenvalue weighted by Crippen LogP contribution is 2.32. The SMILES string of the molecule is CSCc1ccccc1-c1cc(O)c2nc[nH]c(=O)c2c1. The van der Waals surface area contributed by atoms with Crippen molar-refractivity contribution in [1.82, 2.24) is 9.97 Å². The number of phenols is 1. The van der Waals surface area contributed by atoms with E-state index < -0.39 is 0 Å². The molecule has 3 aromatic rings. The Labute approximate surface area is 125 Å². The number of benzene rings is 2. The average Bonchev–Trinajstić information content (AvgIpc) is 2.49. The number of thioether (sulfide) groups is 1. The second-order valence-electron chi connectivity index (χ2n) is 4.71. The second kappa shape index (κ2) is 5.61. The molecule has 2 aromatic carbocycles. The number of nitrogens with one attached hydrogen (secondary N) is 1. The van der Waals surface area contributed by atoms with Gasteiger partial charge in [0.05, 0.1) is 11.7 Å². The Morgan fingerprint density at radius 2 is 2.10 bits per heavy atom. The first-order chi connectivity index (χ1) is 10.2. The van der Waals surface area contributed by atoms with Gasteiger partial charge in [-0.3, -0.25) is 4.79 Å². The summed E-state index contributed by atoms with van der Waals surface area (Å²) in [4.78, 5) is 18.5. The van der Waals surface area contributed by atoms with E-state index in [1.807, 2.05) is 24.5 Å². The number of aromatic amines is 1.